The van der Waals surface area contributed by atoms with Crippen LogP contribution in [0.3, 0.4) is 0 Å². The molecule has 2 fully saturated rings. The molecule has 1 N–H and O–H groups in total. The van der Waals surface area contributed by atoms with Crippen molar-refractivity contribution in [3.05, 3.63) is 120 Å². The van der Waals surface area contributed by atoms with E-state index >= 15 is 0 Å². The van der Waals surface area contributed by atoms with Crippen LogP contribution >= 0.6 is 11.6 Å². The van der Waals surface area contributed by atoms with Crippen molar-refractivity contribution in [1.29, 1.82) is 0 Å². The molecule has 2 aromatic carbocycles. The molecule has 0 bridgehead atoms. The van der Waals surface area contributed by atoms with Crippen molar-refractivity contribution < 1.29 is 21.6 Å². The number of fused-ring (bicyclic) bond motifs is 6. The first-order valence-electron chi connectivity index (χ1n) is 19.2. The Morgan fingerprint density at radius 1 is 0.627 bits per heavy atom. The molecule has 18 heteroatoms. The van der Waals surface area contributed by atoms with Gasteiger partial charge in [0.1, 0.15) is 0 Å². The summed E-state index contributed by atoms with van der Waals surface area (Å²) in [7, 11) is -7.53. The molecule has 304 valence electrons. The zero-order chi connectivity index (χ0) is 41.4. The highest BCUT2D eigenvalue weighted by atomic mass is 35.5. The van der Waals surface area contributed by atoms with Gasteiger partial charge in [0, 0.05) is 67.6 Å². The van der Waals surface area contributed by atoms with Gasteiger partial charge in [-0.15, -0.1) is 0 Å². The number of carbonyl (C=O) groups is 1. The maximum atomic E-state index is 13.2. The van der Waals surface area contributed by atoms with Gasteiger partial charge in [0.2, 0.25) is 0 Å². The Bertz CT molecular complexity index is 3140. The van der Waals surface area contributed by atoms with E-state index in [0.29, 0.717) is 47.4 Å². The molecule has 10 rings (SSSR count). The first kappa shape index (κ1) is 38.9. The van der Waals surface area contributed by atoms with Crippen LogP contribution in [0.25, 0.3) is 33.6 Å². The molecule has 0 aliphatic carbocycles. The number of benzene rings is 2. The summed E-state index contributed by atoms with van der Waals surface area (Å²) < 4.78 is 59.3. The smallest absolute Gasteiger partial charge is 0.316 e. The Balaban J connectivity index is 0.000000153. The predicted molar refractivity (Wildman–Crippen MR) is 224 cm³/mol. The minimum Gasteiger partial charge on any atom is -0.328 e. The van der Waals surface area contributed by atoms with E-state index < -0.39 is 25.4 Å². The molecule has 0 unspecified atom stereocenters. The Labute approximate surface area is 345 Å². The van der Waals surface area contributed by atoms with Crippen LogP contribution in [-0.2, 0) is 20.0 Å². The van der Waals surface area contributed by atoms with E-state index in [1.54, 1.807) is 90.4 Å². The van der Waals surface area contributed by atoms with Gasteiger partial charge in [0.05, 0.1) is 33.2 Å². The zero-order valence-corrected chi connectivity index (χ0v) is 35.0. The second-order valence-corrected chi connectivity index (χ2v) is 19.5. The SMILES string of the molecule is Cc1ccc(S(=O)(=O)n2ccc3c2ncc2ncc([C@H]4CN(C(=O)Cl)C[C@H]4C)n23)cc1.Cc1ccc(S(=O)(=O)n2ccc3c2ncc2ncc([C@H]4CNC[C@H]4C)n23)cc1. The minimum atomic E-state index is -3.80. The first-order chi connectivity index (χ1) is 28.2. The molecule has 59 heavy (non-hydrogen) atoms. The second kappa shape index (κ2) is 14.6. The molecule has 2 saturated heterocycles. The third kappa shape index (κ3) is 6.56. The monoisotopic (exact) mass is 852 g/mol. The second-order valence-electron chi connectivity index (χ2n) is 15.5. The minimum absolute atomic E-state index is 0.0281. The van der Waals surface area contributed by atoms with Gasteiger partial charge in [0.25, 0.3) is 20.0 Å². The molecule has 2 aliphatic heterocycles. The highest BCUT2D eigenvalue weighted by Gasteiger charge is 2.35. The Hall–Kier alpha value is -5.62. The molecule has 8 heterocycles. The van der Waals surface area contributed by atoms with Gasteiger partial charge >= 0.3 is 5.37 Å². The number of imidazole rings is 2. The van der Waals surface area contributed by atoms with Gasteiger partial charge in [0.15, 0.2) is 22.6 Å². The van der Waals surface area contributed by atoms with Crippen molar-refractivity contribution in [3.63, 3.8) is 0 Å². The number of aryl methyl sites for hydroxylation is 2. The Kier molecular flexibility index (Phi) is 9.61. The fourth-order valence-electron chi connectivity index (χ4n) is 8.35. The van der Waals surface area contributed by atoms with Crippen molar-refractivity contribution in [3.8, 4) is 0 Å². The van der Waals surface area contributed by atoms with Gasteiger partial charge in [-0.25, -0.2) is 44.7 Å². The number of carbonyl (C=O) groups excluding carboxylic acids is 1. The van der Waals surface area contributed by atoms with E-state index in [9.17, 15) is 21.6 Å². The summed E-state index contributed by atoms with van der Waals surface area (Å²) in [6.07, 6.45) is 9.95. The highest BCUT2D eigenvalue weighted by molar-refractivity contribution is 7.90. The Morgan fingerprint density at radius 2 is 1.10 bits per heavy atom. The van der Waals surface area contributed by atoms with Gasteiger partial charge in [-0.3, -0.25) is 13.6 Å². The lowest BCUT2D eigenvalue weighted by atomic mass is 9.95. The van der Waals surface area contributed by atoms with Crippen molar-refractivity contribution >= 4 is 70.6 Å². The molecule has 4 atom stereocenters. The number of hydrogen-bond donors (Lipinski definition) is 1. The average Bonchev–Trinajstić information content (AvgIpc) is 4.06. The summed E-state index contributed by atoms with van der Waals surface area (Å²) in [4.78, 5) is 31.5. The summed E-state index contributed by atoms with van der Waals surface area (Å²) in [5.41, 5.74) is 7.46. The zero-order valence-electron chi connectivity index (χ0n) is 32.6. The molecule has 0 radical (unpaired) electrons. The number of likely N-dealkylation sites (tertiary alicyclic amines) is 1. The van der Waals surface area contributed by atoms with Crippen LogP contribution in [0.15, 0.2) is 108 Å². The molecular formula is C41H41ClN10O5S2. The highest BCUT2D eigenvalue weighted by Crippen LogP contribution is 2.35. The lowest BCUT2D eigenvalue weighted by molar-refractivity contribution is 0.230. The van der Waals surface area contributed by atoms with E-state index in [0.717, 1.165) is 46.8 Å². The summed E-state index contributed by atoms with van der Waals surface area (Å²) in [5, 5.41) is 2.95. The summed E-state index contributed by atoms with van der Waals surface area (Å²) >= 11 is 5.70. The maximum absolute atomic E-state index is 13.2. The van der Waals surface area contributed by atoms with Crippen molar-refractivity contribution in [1.82, 2.24) is 46.9 Å². The number of hydrogen-bond acceptors (Lipinski definition) is 10. The third-order valence-corrected chi connectivity index (χ3v) is 15.2. The van der Waals surface area contributed by atoms with Crippen LogP contribution < -0.4 is 5.32 Å². The number of nitrogens with one attached hydrogen (secondary N) is 1. The van der Waals surface area contributed by atoms with Crippen LogP contribution in [0.1, 0.15) is 48.2 Å². The fourth-order valence-corrected chi connectivity index (χ4v) is 11.1. The van der Waals surface area contributed by atoms with Crippen LogP contribution in [0, 0.1) is 25.7 Å². The largest absolute Gasteiger partial charge is 0.328 e. The van der Waals surface area contributed by atoms with E-state index in [1.165, 1.54) is 14.1 Å². The molecule has 1 amide bonds. The number of nitrogens with zero attached hydrogens (tertiary/aromatic N) is 9. The van der Waals surface area contributed by atoms with Gasteiger partial charge in [-0.1, -0.05) is 49.2 Å². The van der Waals surface area contributed by atoms with Gasteiger partial charge < -0.3 is 10.2 Å². The molecule has 15 nitrogen and oxygen atoms in total. The van der Waals surface area contributed by atoms with Crippen LogP contribution in [0.2, 0.25) is 0 Å². The maximum Gasteiger partial charge on any atom is 0.316 e. The quantitative estimate of drug-likeness (QED) is 0.151. The average molecular weight is 853 g/mol. The summed E-state index contributed by atoms with van der Waals surface area (Å²) in [6, 6.07) is 17.1. The first-order valence-corrected chi connectivity index (χ1v) is 22.5. The summed E-state index contributed by atoms with van der Waals surface area (Å²) in [6.45, 7) is 11.0. The number of halogens is 1. The fraction of sp³-hybridized carbons (Fsp3) is 0.293. The van der Waals surface area contributed by atoms with Crippen molar-refractivity contribution in [2.75, 3.05) is 26.2 Å². The van der Waals surface area contributed by atoms with Crippen LogP contribution in [0.5, 0.6) is 0 Å². The molecule has 6 aromatic heterocycles. The number of aromatic nitrogens is 8. The van der Waals surface area contributed by atoms with Crippen molar-refractivity contribution in [2.24, 2.45) is 11.8 Å². The van der Waals surface area contributed by atoms with Crippen molar-refractivity contribution in [2.45, 2.75) is 49.3 Å². The van der Waals surface area contributed by atoms with E-state index in [2.05, 4.69) is 39.1 Å². The standard InChI is InChI=1S/C21H20ClN5O3S.C20H21N5O2S/c1-13-3-5-15(6-4-13)31(29,30)26-8-7-17-20(26)24-10-19-23-9-18(27(17)19)16-12-25(21(22)28)11-14(16)2;1-13-3-5-15(6-4-13)28(26,27)24-8-7-17-20(24)23-12-19-22-11-18(25(17)19)16-10-21-9-14(16)2/h3-10,14,16H,11-12H2,1-2H3;3-8,11-12,14,16,21H,9-10H2,1-2H3/t2*14-,16+/m11/s1. The molecule has 2 aliphatic rings. The molecular weight excluding hydrogens is 812 g/mol. The Morgan fingerprint density at radius 3 is 1.53 bits per heavy atom. The van der Waals surface area contributed by atoms with E-state index in [4.69, 9.17) is 11.6 Å². The third-order valence-electron chi connectivity index (χ3n) is 11.6. The lowest BCUT2D eigenvalue weighted by Crippen LogP contribution is -2.23. The number of amides is 1. The van der Waals surface area contributed by atoms with Crippen LogP contribution in [-0.4, -0.2) is 90.0 Å². The van der Waals surface area contributed by atoms with Crippen LogP contribution in [0.4, 0.5) is 4.79 Å². The lowest BCUT2D eigenvalue weighted by Gasteiger charge is -2.14. The van der Waals surface area contributed by atoms with Gasteiger partial charge in [-0.2, -0.15) is 0 Å². The van der Waals surface area contributed by atoms with Gasteiger partial charge in [-0.05, 0) is 80.2 Å². The molecule has 8 aromatic rings. The van der Waals surface area contributed by atoms with E-state index in [-0.39, 0.29) is 21.6 Å². The summed E-state index contributed by atoms with van der Waals surface area (Å²) in [5.74, 6) is 1.03. The topological polar surface area (TPSA) is 171 Å². The van der Waals surface area contributed by atoms with E-state index in [1.807, 2.05) is 28.8 Å². The predicted octanol–water partition coefficient (Wildman–Crippen LogP) is 6.18. The normalized spacial score (nSPS) is 19.9. The molecule has 0 saturated carbocycles. The molecule has 0 spiro atoms. The number of rotatable bonds is 6.